The predicted octanol–water partition coefficient (Wildman–Crippen LogP) is 4.15. The first-order valence-electron chi connectivity index (χ1n) is 10.7. The Kier molecular flexibility index (Phi) is 10.0. The molecule has 2 N–H and O–H groups in total. The van der Waals surface area contributed by atoms with Crippen LogP contribution in [0.1, 0.15) is 42.5 Å². The summed E-state index contributed by atoms with van der Waals surface area (Å²) in [7, 11) is 0. The van der Waals surface area contributed by atoms with Crippen molar-refractivity contribution >= 4 is 29.9 Å². The molecule has 0 aliphatic heterocycles. The molecule has 31 heavy (non-hydrogen) atoms. The molecule has 2 aromatic heterocycles. The van der Waals surface area contributed by atoms with Crippen molar-refractivity contribution in [3.8, 4) is 5.69 Å². The van der Waals surface area contributed by atoms with Gasteiger partial charge in [-0.15, -0.1) is 24.0 Å². The summed E-state index contributed by atoms with van der Waals surface area (Å²) >= 11 is 0. The Morgan fingerprint density at radius 2 is 1.90 bits per heavy atom. The maximum atomic E-state index is 4.81. The number of nitrogens with one attached hydrogen (secondary N) is 2. The van der Waals surface area contributed by atoms with Crippen LogP contribution in [0.2, 0.25) is 0 Å². The van der Waals surface area contributed by atoms with E-state index in [1.54, 1.807) is 0 Å². The molecule has 0 aliphatic rings. The molecule has 0 saturated heterocycles. The fraction of sp³-hybridized carbons (Fsp3) is 0.435. The molecule has 7 nitrogen and oxygen atoms in total. The minimum absolute atomic E-state index is 0. The summed E-state index contributed by atoms with van der Waals surface area (Å²) in [5.74, 6) is 1.92. The maximum Gasteiger partial charge on any atom is 0.191 e. The van der Waals surface area contributed by atoms with Gasteiger partial charge in [-0.05, 0) is 58.2 Å². The number of para-hydroxylation sites is 1. The average Bonchev–Trinajstić information content (AvgIpc) is 3.30. The second-order valence-electron chi connectivity index (χ2n) is 7.46. The van der Waals surface area contributed by atoms with Gasteiger partial charge in [0.1, 0.15) is 5.82 Å². The lowest BCUT2D eigenvalue weighted by Crippen LogP contribution is -2.37. The van der Waals surface area contributed by atoms with Crippen LogP contribution in [0, 0.1) is 20.8 Å². The summed E-state index contributed by atoms with van der Waals surface area (Å²) in [5, 5.41) is 11.4. The Morgan fingerprint density at radius 3 is 2.58 bits per heavy atom. The van der Waals surface area contributed by atoms with Gasteiger partial charge >= 0.3 is 0 Å². The molecule has 2 heterocycles. The van der Waals surface area contributed by atoms with Crippen LogP contribution in [0.15, 0.2) is 47.7 Å². The second-order valence-corrected chi connectivity index (χ2v) is 7.46. The Bertz CT molecular complexity index is 974. The van der Waals surface area contributed by atoms with Gasteiger partial charge in [0.25, 0.3) is 0 Å². The summed E-state index contributed by atoms with van der Waals surface area (Å²) in [5.41, 5.74) is 4.38. The predicted molar refractivity (Wildman–Crippen MR) is 137 cm³/mol. The number of aromatic nitrogens is 4. The van der Waals surface area contributed by atoms with Crippen LogP contribution in [0.5, 0.6) is 0 Å². The highest BCUT2D eigenvalue weighted by molar-refractivity contribution is 14.0. The van der Waals surface area contributed by atoms with Gasteiger partial charge in [0, 0.05) is 37.7 Å². The standard InChI is InChI=1S/C23H33N7.HI/c1-5-24-23(26-12-8-9-14-29-15-13-25-20(29)4)27-17-21-10-6-7-11-22(21)30-19(3)16-18(2)28-30;/h6-7,10-11,13,15-16H,5,8-9,12,14,17H2,1-4H3,(H2,24,26,27);1H. The van der Waals surface area contributed by atoms with Crippen molar-refractivity contribution < 1.29 is 0 Å². The average molecular weight is 535 g/mol. The number of aryl methyl sites for hydroxylation is 4. The quantitative estimate of drug-likeness (QED) is 0.187. The Labute approximate surface area is 202 Å². The van der Waals surface area contributed by atoms with Gasteiger partial charge in [-0.2, -0.15) is 5.10 Å². The lowest BCUT2D eigenvalue weighted by molar-refractivity contribution is 0.588. The SMILES string of the molecule is CCNC(=NCc1ccccc1-n1nc(C)cc1C)NCCCCn1ccnc1C.I. The Hall–Kier alpha value is -2.36. The minimum atomic E-state index is 0. The Morgan fingerprint density at radius 1 is 1.10 bits per heavy atom. The van der Waals surface area contributed by atoms with Gasteiger partial charge in [0.2, 0.25) is 0 Å². The van der Waals surface area contributed by atoms with Gasteiger partial charge in [-0.1, -0.05) is 18.2 Å². The molecule has 0 unspecified atom stereocenters. The molecular formula is C23H34IN7. The van der Waals surface area contributed by atoms with Gasteiger partial charge < -0.3 is 15.2 Å². The van der Waals surface area contributed by atoms with E-state index >= 15 is 0 Å². The third kappa shape index (κ3) is 7.09. The summed E-state index contributed by atoms with van der Waals surface area (Å²) in [6.07, 6.45) is 6.07. The van der Waals surface area contributed by atoms with Crippen LogP contribution in [0.4, 0.5) is 0 Å². The van der Waals surface area contributed by atoms with Gasteiger partial charge in [-0.25, -0.2) is 14.7 Å². The van der Waals surface area contributed by atoms with Crippen molar-refractivity contribution in [2.75, 3.05) is 13.1 Å². The third-order valence-corrected chi connectivity index (χ3v) is 5.02. The summed E-state index contributed by atoms with van der Waals surface area (Å²) in [6, 6.07) is 10.4. The summed E-state index contributed by atoms with van der Waals surface area (Å²) in [6.45, 7) is 11.5. The topological polar surface area (TPSA) is 72.1 Å². The van der Waals surface area contributed by atoms with Crippen molar-refractivity contribution in [2.45, 2.75) is 53.6 Å². The molecule has 0 aliphatic carbocycles. The largest absolute Gasteiger partial charge is 0.357 e. The van der Waals surface area contributed by atoms with E-state index in [4.69, 9.17) is 4.99 Å². The van der Waals surface area contributed by atoms with Gasteiger partial charge in [0.05, 0.1) is 17.9 Å². The maximum absolute atomic E-state index is 4.81. The van der Waals surface area contributed by atoms with Crippen LogP contribution in [-0.4, -0.2) is 38.4 Å². The van der Waals surface area contributed by atoms with Crippen molar-refractivity contribution in [3.63, 3.8) is 0 Å². The molecule has 3 aromatic rings. The second kappa shape index (κ2) is 12.5. The fourth-order valence-electron chi connectivity index (χ4n) is 3.48. The lowest BCUT2D eigenvalue weighted by atomic mass is 10.2. The summed E-state index contributed by atoms with van der Waals surface area (Å²) in [4.78, 5) is 9.08. The normalized spacial score (nSPS) is 11.3. The number of halogens is 1. The third-order valence-electron chi connectivity index (χ3n) is 5.02. The minimum Gasteiger partial charge on any atom is -0.357 e. The zero-order valence-corrected chi connectivity index (χ0v) is 21.3. The van der Waals surface area contributed by atoms with E-state index in [1.807, 2.05) is 37.0 Å². The van der Waals surface area contributed by atoms with Crippen LogP contribution in [0.25, 0.3) is 5.69 Å². The number of nitrogens with zero attached hydrogens (tertiary/aromatic N) is 5. The smallest absolute Gasteiger partial charge is 0.191 e. The van der Waals surface area contributed by atoms with E-state index in [0.717, 1.165) is 66.9 Å². The molecule has 0 atom stereocenters. The monoisotopic (exact) mass is 535 g/mol. The van der Waals surface area contributed by atoms with Crippen molar-refractivity contribution in [3.05, 3.63) is 65.5 Å². The van der Waals surface area contributed by atoms with E-state index < -0.39 is 0 Å². The van der Waals surface area contributed by atoms with E-state index in [1.165, 1.54) is 0 Å². The number of hydrogen-bond donors (Lipinski definition) is 2. The zero-order valence-electron chi connectivity index (χ0n) is 18.9. The van der Waals surface area contributed by atoms with Gasteiger partial charge in [0.15, 0.2) is 5.96 Å². The number of aliphatic imine (C=N–C) groups is 1. The molecule has 0 radical (unpaired) electrons. The zero-order chi connectivity index (χ0) is 21.3. The molecule has 1 aromatic carbocycles. The molecule has 0 saturated carbocycles. The lowest BCUT2D eigenvalue weighted by Gasteiger charge is -2.13. The van der Waals surface area contributed by atoms with E-state index in [0.29, 0.717) is 6.54 Å². The molecule has 0 fully saturated rings. The number of hydrogen-bond acceptors (Lipinski definition) is 3. The van der Waals surface area contributed by atoms with Crippen molar-refractivity contribution in [1.82, 2.24) is 30.0 Å². The van der Waals surface area contributed by atoms with Crippen LogP contribution in [-0.2, 0) is 13.1 Å². The highest BCUT2D eigenvalue weighted by Gasteiger charge is 2.08. The highest BCUT2D eigenvalue weighted by Crippen LogP contribution is 2.17. The number of benzene rings is 1. The van der Waals surface area contributed by atoms with E-state index in [2.05, 4.69) is 63.4 Å². The number of unbranched alkanes of at least 4 members (excludes halogenated alkanes) is 1. The van der Waals surface area contributed by atoms with Crippen molar-refractivity contribution in [1.29, 1.82) is 0 Å². The number of imidazole rings is 1. The molecule has 8 heteroatoms. The first-order valence-corrected chi connectivity index (χ1v) is 10.7. The molecule has 3 rings (SSSR count). The molecule has 168 valence electrons. The fourth-order valence-corrected chi connectivity index (χ4v) is 3.48. The number of rotatable bonds is 9. The first-order chi connectivity index (χ1) is 14.6. The van der Waals surface area contributed by atoms with Crippen LogP contribution >= 0.6 is 24.0 Å². The number of guanidine groups is 1. The van der Waals surface area contributed by atoms with E-state index in [-0.39, 0.29) is 24.0 Å². The van der Waals surface area contributed by atoms with Crippen molar-refractivity contribution in [2.24, 2.45) is 4.99 Å². The Balaban J connectivity index is 0.00000341. The van der Waals surface area contributed by atoms with Gasteiger partial charge in [-0.3, -0.25) is 0 Å². The summed E-state index contributed by atoms with van der Waals surface area (Å²) < 4.78 is 4.19. The highest BCUT2D eigenvalue weighted by atomic mass is 127. The van der Waals surface area contributed by atoms with Crippen LogP contribution in [0.3, 0.4) is 0 Å². The van der Waals surface area contributed by atoms with E-state index in [9.17, 15) is 0 Å². The molecule has 0 amide bonds. The van der Waals surface area contributed by atoms with Crippen LogP contribution < -0.4 is 10.6 Å². The molecular weight excluding hydrogens is 501 g/mol. The molecule has 0 spiro atoms. The first kappa shape index (κ1) is 24.9. The molecule has 0 bridgehead atoms.